The van der Waals surface area contributed by atoms with Gasteiger partial charge in [0, 0.05) is 26.3 Å². The second-order valence-electron chi connectivity index (χ2n) is 6.71. The van der Waals surface area contributed by atoms with E-state index >= 15 is 0 Å². The molecule has 1 heterocycles. The Hall–Kier alpha value is -1.78. The summed E-state index contributed by atoms with van der Waals surface area (Å²) in [6.07, 6.45) is 2.62. The molecule has 2 rings (SSSR count). The summed E-state index contributed by atoms with van der Waals surface area (Å²) in [4.78, 5) is 10.6. The molecule has 1 unspecified atom stereocenters. The van der Waals surface area contributed by atoms with Crippen LogP contribution in [0.2, 0.25) is 5.15 Å². The zero-order chi connectivity index (χ0) is 21.2. The number of benzene rings is 1. The fourth-order valence-electron chi connectivity index (χ4n) is 2.95. The summed E-state index contributed by atoms with van der Waals surface area (Å²) < 4.78 is 10.8. The maximum absolute atomic E-state index is 5.83. The van der Waals surface area contributed by atoms with Crippen molar-refractivity contribution in [1.82, 2.24) is 20.5 Å². The topological polar surface area (TPSA) is 71.0 Å². The van der Waals surface area contributed by atoms with Crippen LogP contribution in [-0.2, 0) is 6.42 Å². The third kappa shape index (κ3) is 7.81. The Morgan fingerprint density at radius 3 is 2.43 bits per heavy atom. The molecule has 2 N–H and O–H groups in total. The van der Waals surface area contributed by atoms with Gasteiger partial charge in [-0.05, 0) is 49.8 Å². The maximum atomic E-state index is 5.83. The van der Waals surface area contributed by atoms with Crippen LogP contribution < -0.4 is 20.1 Å². The van der Waals surface area contributed by atoms with Crippen molar-refractivity contribution in [3.8, 4) is 11.5 Å². The van der Waals surface area contributed by atoms with Crippen LogP contribution in [0.3, 0.4) is 0 Å². The van der Waals surface area contributed by atoms with E-state index in [2.05, 4.69) is 31.6 Å². The van der Waals surface area contributed by atoms with Gasteiger partial charge in [0.25, 0.3) is 0 Å². The van der Waals surface area contributed by atoms with Gasteiger partial charge >= 0.3 is 0 Å². The highest BCUT2D eigenvalue weighted by atomic mass is 127. The van der Waals surface area contributed by atoms with Crippen LogP contribution in [0.5, 0.6) is 11.5 Å². The Morgan fingerprint density at radius 1 is 1.13 bits per heavy atom. The Bertz CT molecular complexity index is 802. The summed E-state index contributed by atoms with van der Waals surface area (Å²) in [5.74, 6) is 2.19. The van der Waals surface area contributed by atoms with Gasteiger partial charge in [-0.3, -0.25) is 4.99 Å². The number of likely N-dealkylation sites (N-methyl/N-ethyl adjacent to an activating group) is 1. The SMILES string of the molecule is CN=C(NCCc1ccc(Cl)nc1)NCC(c1ccc(OC)c(OC)c1)N(C)C.I. The van der Waals surface area contributed by atoms with Crippen LogP contribution >= 0.6 is 35.6 Å². The minimum atomic E-state index is 0. The zero-order valence-corrected chi connectivity index (χ0v) is 21.2. The van der Waals surface area contributed by atoms with Crippen molar-refractivity contribution >= 4 is 41.5 Å². The summed E-state index contributed by atoms with van der Waals surface area (Å²) in [6, 6.07) is 9.90. The summed E-state index contributed by atoms with van der Waals surface area (Å²) in [7, 11) is 9.14. The van der Waals surface area contributed by atoms with Crippen molar-refractivity contribution in [3.63, 3.8) is 0 Å². The molecule has 2 aromatic rings. The van der Waals surface area contributed by atoms with Crippen LogP contribution in [-0.4, -0.2) is 64.3 Å². The minimum absolute atomic E-state index is 0. The molecule has 0 aliphatic rings. The smallest absolute Gasteiger partial charge is 0.191 e. The number of hydrogen-bond acceptors (Lipinski definition) is 5. The molecule has 0 radical (unpaired) electrons. The fraction of sp³-hybridized carbons (Fsp3) is 0.429. The van der Waals surface area contributed by atoms with Gasteiger partial charge in [0.05, 0.1) is 20.3 Å². The average Bonchev–Trinajstić information content (AvgIpc) is 2.73. The molecule has 7 nitrogen and oxygen atoms in total. The van der Waals surface area contributed by atoms with Crippen LogP contribution in [0.1, 0.15) is 17.2 Å². The van der Waals surface area contributed by atoms with Gasteiger partial charge in [0.2, 0.25) is 0 Å². The number of ether oxygens (including phenoxy) is 2. The van der Waals surface area contributed by atoms with Gasteiger partial charge in [-0.25, -0.2) is 4.98 Å². The third-order valence-corrected chi connectivity index (χ3v) is 4.82. The number of nitrogens with one attached hydrogen (secondary N) is 2. The lowest BCUT2D eigenvalue weighted by atomic mass is 10.1. The zero-order valence-electron chi connectivity index (χ0n) is 18.1. The number of pyridine rings is 1. The van der Waals surface area contributed by atoms with E-state index < -0.39 is 0 Å². The minimum Gasteiger partial charge on any atom is -0.493 e. The fourth-order valence-corrected chi connectivity index (χ4v) is 3.06. The van der Waals surface area contributed by atoms with Crippen LogP contribution in [0, 0.1) is 0 Å². The van der Waals surface area contributed by atoms with Crippen molar-refractivity contribution in [1.29, 1.82) is 0 Å². The Balaban J connectivity index is 0.00000450. The molecule has 9 heteroatoms. The molecule has 0 spiro atoms. The summed E-state index contributed by atoms with van der Waals surface area (Å²) >= 11 is 5.83. The highest BCUT2D eigenvalue weighted by Gasteiger charge is 2.17. The molecule has 30 heavy (non-hydrogen) atoms. The van der Waals surface area contributed by atoms with Crippen molar-refractivity contribution in [3.05, 3.63) is 52.8 Å². The molecular weight excluding hydrogens is 517 g/mol. The van der Waals surface area contributed by atoms with Crippen molar-refractivity contribution < 1.29 is 9.47 Å². The number of aromatic nitrogens is 1. The number of halogens is 2. The van der Waals surface area contributed by atoms with Gasteiger partial charge in [-0.2, -0.15) is 0 Å². The summed E-state index contributed by atoms with van der Waals surface area (Å²) in [5, 5.41) is 7.24. The number of rotatable bonds is 9. The summed E-state index contributed by atoms with van der Waals surface area (Å²) in [6.45, 7) is 1.43. The predicted molar refractivity (Wildman–Crippen MR) is 134 cm³/mol. The van der Waals surface area contributed by atoms with Crippen molar-refractivity contribution in [2.45, 2.75) is 12.5 Å². The molecule has 1 aromatic carbocycles. The first kappa shape index (κ1) is 26.3. The molecule has 1 atom stereocenters. The van der Waals surface area contributed by atoms with Crippen molar-refractivity contribution in [2.75, 3.05) is 48.5 Å². The second-order valence-corrected chi connectivity index (χ2v) is 7.10. The van der Waals surface area contributed by atoms with Crippen LogP contribution in [0.4, 0.5) is 0 Å². The van der Waals surface area contributed by atoms with Crippen molar-refractivity contribution in [2.24, 2.45) is 4.99 Å². The molecule has 166 valence electrons. The number of guanidine groups is 1. The van der Waals surface area contributed by atoms with E-state index in [1.54, 1.807) is 33.5 Å². The molecule has 0 aliphatic heterocycles. The van der Waals surface area contributed by atoms with Gasteiger partial charge in [-0.15, -0.1) is 24.0 Å². The number of aliphatic imine (C=N–C) groups is 1. The molecule has 0 aliphatic carbocycles. The standard InChI is InChI=1S/C21H30ClN5O2.HI/c1-23-21(24-11-10-15-6-9-20(22)25-13-15)26-14-17(27(2)3)16-7-8-18(28-4)19(12-16)29-5;/h6-9,12-13,17H,10-11,14H2,1-5H3,(H2,23,24,26);1H. The van der Waals surface area contributed by atoms with E-state index in [4.69, 9.17) is 21.1 Å². The number of hydrogen-bond donors (Lipinski definition) is 2. The first-order valence-electron chi connectivity index (χ1n) is 9.41. The van der Waals surface area contributed by atoms with E-state index in [0.717, 1.165) is 41.6 Å². The predicted octanol–water partition coefficient (Wildman–Crippen LogP) is 3.38. The maximum Gasteiger partial charge on any atom is 0.191 e. The molecule has 0 amide bonds. The summed E-state index contributed by atoms with van der Waals surface area (Å²) in [5.41, 5.74) is 2.25. The third-order valence-electron chi connectivity index (χ3n) is 4.60. The van der Waals surface area contributed by atoms with E-state index in [1.807, 2.05) is 32.3 Å². The van der Waals surface area contributed by atoms with Gasteiger partial charge in [0.15, 0.2) is 17.5 Å². The van der Waals surface area contributed by atoms with Crippen LogP contribution in [0.25, 0.3) is 0 Å². The van der Waals surface area contributed by atoms with E-state index in [0.29, 0.717) is 11.7 Å². The van der Waals surface area contributed by atoms with Gasteiger partial charge in [0.1, 0.15) is 5.15 Å². The van der Waals surface area contributed by atoms with E-state index in [1.165, 1.54) is 0 Å². The molecule has 0 bridgehead atoms. The first-order chi connectivity index (χ1) is 14.0. The quantitative estimate of drug-likeness (QED) is 0.217. The molecule has 0 fully saturated rings. The average molecular weight is 548 g/mol. The highest BCUT2D eigenvalue weighted by molar-refractivity contribution is 14.0. The molecular formula is C21H31ClIN5O2. The van der Waals surface area contributed by atoms with Crippen LogP contribution in [0.15, 0.2) is 41.5 Å². The van der Waals surface area contributed by atoms with Gasteiger partial charge in [-0.1, -0.05) is 23.7 Å². The lowest BCUT2D eigenvalue weighted by molar-refractivity contribution is 0.295. The lowest BCUT2D eigenvalue weighted by Crippen LogP contribution is -2.42. The molecule has 1 aromatic heterocycles. The highest BCUT2D eigenvalue weighted by Crippen LogP contribution is 2.31. The monoisotopic (exact) mass is 547 g/mol. The van der Waals surface area contributed by atoms with Gasteiger partial charge < -0.3 is 25.0 Å². The Morgan fingerprint density at radius 2 is 1.87 bits per heavy atom. The van der Waals surface area contributed by atoms with E-state index in [-0.39, 0.29) is 30.0 Å². The number of methoxy groups -OCH3 is 2. The molecule has 0 saturated carbocycles. The second kappa shape index (κ2) is 13.5. The van der Waals surface area contributed by atoms with E-state index in [9.17, 15) is 0 Å². The number of nitrogens with zero attached hydrogens (tertiary/aromatic N) is 3. The largest absolute Gasteiger partial charge is 0.493 e. The lowest BCUT2D eigenvalue weighted by Gasteiger charge is -2.26. The molecule has 0 saturated heterocycles. The normalized spacial score (nSPS) is 12.2. The first-order valence-corrected chi connectivity index (χ1v) is 9.79. The Labute approximate surface area is 201 Å². The Kier molecular flexibility index (Phi) is 11.8.